The molecule has 0 aliphatic carbocycles. The number of aromatic nitrogens is 1. The first-order valence-corrected chi connectivity index (χ1v) is 8.51. The maximum atomic E-state index is 5.38. The van der Waals surface area contributed by atoms with Gasteiger partial charge in [-0.25, -0.2) is 0 Å². The molecule has 1 nitrogen and oxygen atoms in total. The molecule has 16 heavy (non-hydrogen) atoms. The normalized spacial score (nSPS) is 9.75. The molecule has 0 aliphatic rings. The number of hydrogen-bond acceptors (Lipinski definition) is 0. The SMILES string of the molecule is C[Si](C)CCl.c1ccc(-n2cccc2)cc1. The molecule has 0 bridgehead atoms. The molecule has 2 aromatic rings. The summed E-state index contributed by atoms with van der Waals surface area (Å²) in [4.78, 5) is 0. The first kappa shape index (κ1) is 13.1. The summed E-state index contributed by atoms with van der Waals surface area (Å²) in [5.74, 6) is 0. The van der Waals surface area contributed by atoms with Crippen molar-refractivity contribution in [2.45, 2.75) is 13.1 Å². The monoisotopic (exact) mass is 250 g/mol. The van der Waals surface area contributed by atoms with Crippen LogP contribution in [0.3, 0.4) is 0 Å². The van der Waals surface area contributed by atoms with E-state index in [-0.39, 0.29) is 8.80 Å². The number of alkyl halides is 1. The van der Waals surface area contributed by atoms with Gasteiger partial charge in [-0.3, -0.25) is 0 Å². The van der Waals surface area contributed by atoms with Crippen molar-refractivity contribution in [3.63, 3.8) is 0 Å². The van der Waals surface area contributed by atoms with Crippen molar-refractivity contribution in [3.05, 3.63) is 54.9 Å². The molecule has 1 radical (unpaired) electrons. The first-order valence-electron chi connectivity index (χ1n) is 5.27. The molecule has 0 N–H and O–H groups in total. The number of hydrogen-bond donors (Lipinski definition) is 0. The lowest BCUT2D eigenvalue weighted by Crippen LogP contribution is -1.99. The van der Waals surface area contributed by atoms with Gasteiger partial charge < -0.3 is 4.57 Å². The van der Waals surface area contributed by atoms with E-state index in [2.05, 4.69) is 29.8 Å². The molecule has 1 aromatic heterocycles. The van der Waals surface area contributed by atoms with Gasteiger partial charge in [0.2, 0.25) is 0 Å². The van der Waals surface area contributed by atoms with E-state index in [1.165, 1.54) is 5.69 Å². The van der Waals surface area contributed by atoms with Gasteiger partial charge in [0, 0.05) is 23.6 Å². The van der Waals surface area contributed by atoms with Gasteiger partial charge in [0.15, 0.2) is 0 Å². The Kier molecular flexibility index (Phi) is 5.97. The highest BCUT2D eigenvalue weighted by molar-refractivity contribution is 6.64. The van der Waals surface area contributed by atoms with E-state index in [1.807, 2.05) is 42.7 Å². The van der Waals surface area contributed by atoms with E-state index in [4.69, 9.17) is 11.6 Å². The van der Waals surface area contributed by atoms with Crippen LogP contribution in [0.5, 0.6) is 0 Å². The second kappa shape index (κ2) is 7.31. The van der Waals surface area contributed by atoms with Crippen LogP contribution in [0.1, 0.15) is 0 Å². The summed E-state index contributed by atoms with van der Waals surface area (Å²) in [5.41, 5.74) is 2.09. The molecule has 0 saturated carbocycles. The summed E-state index contributed by atoms with van der Waals surface area (Å²) < 4.78 is 2.08. The molecule has 1 heterocycles. The van der Waals surface area contributed by atoms with E-state index >= 15 is 0 Å². The summed E-state index contributed by atoms with van der Waals surface area (Å²) in [5, 5.41) is 0. The molecule has 0 amide bonds. The second-order valence-electron chi connectivity index (χ2n) is 3.77. The van der Waals surface area contributed by atoms with E-state index < -0.39 is 0 Å². The van der Waals surface area contributed by atoms with E-state index in [1.54, 1.807) is 0 Å². The van der Waals surface area contributed by atoms with Crippen molar-refractivity contribution < 1.29 is 0 Å². The average Bonchev–Trinajstić information content (AvgIpc) is 2.84. The minimum atomic E-state index is -0.109. The number of benzene rings is 1. The Morgan fingerprint density at radius 2 is 1.50 bits per heavy atom. The van der Waals surface area contributed by atoms with Gasteiger partial charge in [0.25, 0.3) is 0 Å². The van der Waals surface area contributed by atoms with Crippen molar-refractivity contribution in [2.75, 3.05) is 5.50 Å². The highest BCUT2D eigenvalue weighted by Gasteiger charge is 1.89. The van der Waals surface area contributed by atoms with Crippen molar-refractivity contribution in [2.24, 2.45) is 0 Å². The molecule has 0 saturated heterocycles. The highest BCUT2D eigenvalue weighted by Crippen LogP contribution is 2.05. The Hall–Kier alpha value is -0.993. The third kappa shape index (κ3) is 4.68. The summed E-state index contributed by atoms with van der Waals surface area (Å²) in [6.45, 7) is 4.38. The average molecular weight is 251 g/mol. The zero-order chi connectivity index (χ0) is 11.8. The maximum absolute atomic E-state index is 5.38. The van der Waals surface area contributed by atoms with Gasteiger partial charge in [0.1, 0.15) is 0 Å². The van der Waals surface area contributed by atoms with Crippen LogP contribution in [-0.2, 0) is 0 Å². The van der Waals surface area contributed by atoms with Gasteiger partial charge in [-0.2, -0.15) is 0 Å². The highest BCUT2D eigenvalue weighted by atomic mass is 35.5. The van der Waals surface area contributed by atoms with Crippen molar-refractivity contribution in [1.29, 1.82) is 0 Å². The fourth-order valence-electron chi connectivity index (χ4n) is 1.11. The Labute approximate surface area is 104 Å². The Morgan fingerprint density at radius 1 is 1.00 bits per heavy atom. The Morgan fingerprint density at radius 3 is 1.94 bits per heavy atom. The van der Waals surface area contributed by atoms with Crippen LogP contribution in [0.4, 0.5) is 0 Å². The summed E-state index contributed by atoms with van der Waals surface area (Å²) in [6, 6.07) is 14.3. The predicted molar refractivity (Wildman–Crippen MR) is 74.0 cm³/mol. The van der Waals surface area contributed by atoms with Crippen LogP contribution in [0.25, 0.3) is 5.69 Å². The molecule has 0 aliphatic heterocycles. The van der Waals surface area contributed by atoms with Gasteiger partial charge in [0.05, 0.1) is 8.80 Å². The molecule has 0 unspecified atom stereocenters. The minimum absolute atomic E-state index is 0.109. The Balaban J connectivity index is 0.000000221. The van der Waals surface area contributed by atoms with Crippen molar-refractivity contribution in [1.82, 2.24) is 4.57 Å². The van der Waals surface area contributed by atoms with Crippen LogP contribution in [-0.4, -0.2) is 18.9 Å². The van der Waals surface area contributed by atoms with Gasteiger partial charge in [-0.1, -0.05) is 31.3 Å². The molecular formula is C13H17ClNSi. The van der Waals surface area contributed by atoms with Crippen molar-refractivity contribution >= 4 is 20.4 Å². The summed E-state index contributed by atoms with van der Waals surface area (Å²) in [6.07, 6.45) is 4.07. The van der Waals surface area contributed by atoms with Gasteiger partial charge in [-0.15, -0.1) is 11.6 Å². The van der Waals surface area contributed by atoms with Crippen LogP contribution in [0.15, 0.2) is 54.9 Å². The van der Waals surface area contributed by atoms with Crippen LogP contribution in [0, 0.1) is 0 Å². The molecule has 0 fully saturated rings. The lowest BCUT2D eigenvalue weighted by molar-refractivity contribution is 1.08. The minimum Gasteiger partial charge on any atom is -0.324 e. The molecule has 1 aromatic carbocycles. The third-order valence-electron chi connectivity index (χ3n) is 1.93. The summed E-state index contributed by atoms with van der Waals surface area (Å²) in [7, 11) is -0.109. The molecule has 0 atom stereocenters. The molecule has 2 rings (SSSR count). The molecule has 3 heteroatoms. The first-order chi connectivity index (χ1) is 7.74. The lowest BCUT2D eigenvalue weighted by Gasteiger charge is -1.99. The quantitative estimate of drug-likeness (QED) is 0.561. The zero-order valence-corrected chi connectivity index (χ0v) is 11.5. The van der Waals surface area contributed by atoms with Crippen LogP contribution >= 0.6 is 11.6 Å². The number of nitrogens with zero attached hydrogens (tertiary/aromatic N) is 1. The number of rotatable bonds is 2. The largest absolute Gasteiger partial charge is 0.324 e. The maximum Gasteiger partial charge on any atom is 0.0594 e. The Bertz CT molecular complexity index is 370. The summed E-state index contributed by atoms with van der Waals surface area (Å²) >= 11 is 5.38. The van der Waals surface area contributed by atoms with Gasteiger partial charge in [-0.05, 0) is 24.3 Å². The second-order valence-corrected chi connectivity index (χ2v) is 7.25. The van der Waals surface area contributed by atoms with Crippen LogP contribution in [0.2, 0.25) is 13.1 Å². The fraction of sp³-hybridized carbons (Fsp3) is 0.231. The van der Waals surface area contributed by atoms with E-state index in [9.17, 15) is 0 Å². The van der Waals surface area contributed by atoms with Gasteiger partial charge >= 0.3 is 0 Å². The van der Waals surface area contributed by atoms with E-state index in [0.717, 1.165) is 5.50 Å². The van der Waals surface area contributed by atoms with Crippen molar-refractivity contribution in [3.8, 4) is 5.69 Å². The van der Waals surface area contributed by atoms with E-state index in [0.29, 0.717) is 0 Å². The number of halogens is 1. The third-order valence-corrected chi connectivity index (χ3v) is 4.06. The molecular weight excluding hydrogens is 234 g/mol. The zero-order valence-electron chi connectivity index (χ0n) is 9.73. The topological polar surface area (TPSA) is 4.93 Å². The fourth-order valence-corrected chi connectivity index (χ4v) is 1.11. The molecule has 85 valence electrons. The van der Waals surface area contributed by atoms with Crippen LogP contribution < -0.4 is 0 Å². The standard InChI is InChI=1S/C10H9N.C3H8ClSi/c1-2-6-10(7-3-1)11-8-4-5-9-11;1-5(2)3-4/h1-9H;3H2,1-2H3. The predicted octanol–water partition coefficient (Wildman–Crippen LogP) is 4.00. The molecule has 0 spiro atoms. The smallest absolute Gasteiger partial charge is 0.0594 e. The lowest BCUT2D eigenvalue weighted by atomic mass is 10.3. The number of para-hydroxylation sites is 1.